The van der Waals surface area contributed by atoms with Crippen LogP contribution in [0.25, 0.3) is 0 Å². The quantitative estimate of drug-likeness (QED) is 0.879. The number of rotatable bonds is 4. The Balaban J connectivity index is 2.29. The van der Waals surface area contributed by atoms with Crippen LogP contribution in [0, 0.1) is 6.92 Å². The number of anilines is 1. The molecule has 0 aliphatic carbocycles. The van der Waals surface area contributed by atoms with Crippen LogP contribution in [0.3, 0.4) is 0 Å². The number of piperidine rings is 1. The Kier molecular flexibility index (Phi) is 4.65. The average Bonchev–Trinajstić information content (AvgIpc) is 2.40. The second-order valence-corrected chi connectivity index (χ2v) is 5.47. The second-order valence-electron chi connectivity index (χ2n) is 5.47. The van der Waals surface area contributed by atoms with Crippen LogP contribution in [0.5, 0.6) is 0 Å². The van der Waals surface area contributed by atoms with E-state index in [2.05, 4.69) is 36.9 Å². The fraction of sp³-hybridized carbons (Fsp3) is 0.625. The molecular formula is C16H26N2. The molecule has 100 valence electrons. The van der Waals surface area contributed by atoms with E-state index in [9.17, 15) is 0 Å². The third-order valence-corrected chi connectivity index (χ3v) is 4.02. The van der Waals surface area contributed by atoms with Gasteiger partial charge in [-0.05, 0) is 49.8 Å². The summed E-state index contributed by atoms with van der Waals surface area (Å²) in [5.74, 6) is 0. The zero-order valence-electron chi connectivity index (χ0n) is 11.8. The monoisotopic (exact) mass is 246 g/mol. The Bertz CT molecular complexity index is 385. The molecule has 0 radical (unpaired) electrons. The molecule has 2 heteroatoms. The average molecular weight is 246 g/mol. The highest BCUT2D eigenvalue weighted by Crippen LogP contribution is 2.30. The van der Waals surface area contributed by atoms with Gasteiger partial charge < -0.3 is 10.6 Å². The first-order chi connectivity index (χ1) is 8.76. The molecule has 1 aliphatic heterocycles. The molecule has 0 aromatic heterocycles. The van der Waals surface area contributed by atoms with E-state index < -0.39 is 0 Å². The first-order valence-corrected chi connectivity index (χ1v) is 7.32. The highest BCUT2D eigenvalue weighted by Gasteiger charge is 2.23. The predicted molar refractivity (Wildman–Crippen MR) is 79.0 cm³/mol. The standard InChI is InChI=1S/C16H26N2/c1-3-6-15-7-4-5-10-18(15)16-11-13(2)8-9-14(16)12-17/h8-9,11,15H,3-7,10,12,17H2,1-2H3. The lowest BCUT2D eigenvalue weighted by Crippen LogP contribution is -2.40. The summed E-state index contributed by atoms with van der Waals surface area (Å²) in [5.41, 5.74) is 9.92. The van der Waals surface area contributed by atoms with Crippen molar-refractivity contribution in [3.05, 3.63) is 29.3 Å². The fourth-order valence-electron chi connectivity index (χ4n) is 3.06. The molecular weight excluding hydrogens is 220 g/mol. The summed E-state index contributed by atoms with van der Waals surface area (Å²) in [6, 6.07) is 7.40. The molecule has 1 aliphatic rings. The van der Waals surface area contributed by atoms with Gasteiger partial charge in [-0.2, -0.15) is 0 Å². The van der Waals surface area contributed by atoms with Crippen molar-refractivity contribution in [3.63, 3.8) is 0 Å². The Morgan fingerprint density at radius 1 is 1.33 bits per heavy atom. The van der Waals surface area contributed by atoms with Crippen LogP contribution in [0.1, 0.15) is 50.2 Å². The molecule has 0 spiro atoms. The van der Waals surface area contributed by atoms with Gasteiger partial charge in [0.1, 0.15) is 0 Å². The Hall–Kier alpha value is -1.02. The minimum absolute atomic E-state index is 0.644. The van der Waals surface area contributed by atoms with E-state index in [0.29, 0.717) is 6.54 Å². The third-order valence-electron chi connectivity index (χ3n) is 4.02. The van der Waals surface area contributed by atoms with E-state index in [1.165, 1.54) is 55.5 Å². The van der Waals surface area contributed by atoms with E-state index in [1.807, 2.05) is 0 Å². The number of nitrogens with two attached hydrogens (primary N) is 1. The third kappa shape index (κ3) is 2.86. The van der Waals surface area contributed by atoms with E-state index >= 15 is 0 Å². The van der Waals surface area contributed by atoms with Gasteiger partial charge in [0, 0.05) is 24.8 Å². The number of hydrogen-bond donors (Lipinski definition) is 1. The smallest absolute Gasteiger partial charge is 0.0416 e. The summed E-state index contributed by atoms with van der Waals surface area (Å²) in [4.78, 5) is 2.61. The summed E-state index contributed by atoms with van der Waals surface area (Å²) in [5, 5.41) is 0. The second kappa shape index (κ2) is 6.24. The number of nitrogens with zero attached hydrogens (tertiary/aromatic N) is 1. The molecule has 18 heavy (non-hydrogen) atoms. The Morgan fingerprint density at radius 3 is 2.89 bits per heavy atom. The molecule has 0 saturated carbocycles. The van der Waals surface area contributed by atoms with Gasteiger partial charge in [0.15, 0.2) is 0 Å². The maximum absolute atomic E-state index is 5.90. The van der Waals surface area contributed by atoms with Crippen LogP contribution in [0.15, 0.2) is 18.2 Å². The molecule has 1 aromatic carbocycles. The Morgan fingerprint density at radius 2 is 2.17 bits per heavy atom. The van der Waals surface area contributed by atoms with Gasteiger partial charge in [-0.15, -0.1) is 0 Å². The summed E-state index contributed by atoms with van der Waals surface area (Å²) in [6.07, 6.45) is 6.61. The Labute approximate surface area is 111 Å². The van der Waals surface area contributed by atoms with Gasteiger partial charge in [0.2, 0.25) is 0 Å². The first-order valence-electron chi connectivity index (χ1n) is 7.32. The maximum Gasteiger partial charge on any atom is 0.0416 e. The normalized spacial score (nSPS) is 20.2. The topological polar surface area (TPSA) is 29.3 Å². The van der Waals surface area contributed by atoms with Crippen LogP contribution in [0.4, 0.5) is 5.69 Å². The maximum atomic E-state index is 5.90. The van der Waals surface area contributed by atoms with Crippen molar-refractivity contribution >= 4 is 5.69 Å². The van der Waals surface area contributed by atoms with E-state index in [0.717, 1.165) is 6.04 Å². The molecule has 1 saturated heterocycles. The molecule has 1 fully saturated rings. The minimum atomic E-state index is 0.644. The fourth-order valence-corrected chi connectivity index (χ4v) is 3.06. The SMILES string of the molecule is CCCC1CCCCN1c1cc(C)ccc1CN. The van der Waals surface area contributed by atoms with Gasteiger partial charge in [0.05, 0.1) is 0 Å². The molecule has 0 bridgehead atoms. The largest absolute Gasteiger partial charge is 0.368 e. The number of benzene rings is 1. The van der Waals surface area contributed by atoms with Crippen LogP contribution in [-0.2, 0) is 6.54 Å². The van der Waals surface area contributed by atoms with Crippen molar-refractivity contribution in [2.45, 2.75) is 58.5 Å². The number of aryl methyl sites for hydroxylation is 1. The van der Waals surface area contributed by atoms with Crippen molar-refractivity contribution in [2.75, 3.05) is 11.4 Å². The van der Waals surface area contributed by atoms with E-state index in [1.54, 1.807) is 0 Å². The highest BCUT2D eigenvalue weighted by atomic mass is 15.2. The van der Waals surface area contributed by atoms with Gasteiger partial charge in [-0.3, -0.25) is 0 Å². The first kappa shape index (κ1) is 13.4. The molecule has 2 N–H and O–H groups in total. The summed E-state index contributed by atoms with van der Waals surface area (Å²) >= 11 is 0. The minimum Gasteiger partial charge on any atom is -0.368 e. The number of hydrogen-bond acceptors (Lipinski definition) is 2. The van der Waals surface area contributed by atoms with Crippen molar-refractivity contribution in [2.24, 2.45) is 5.73 Å². The lowest BCUT2D eigenvalue weighted by atomic mass is 9.96. The van der Waals surface area contributed by atoms with Crippen molar-refractivity contribution < 1.29 is 0 Å². The van der Waals surface area contributed by atoms with Gasteiger partial charge in [0.25, 0.3) is 0 Å². The van der Waals surface area contributed by atoms with Crippen LogP contribution in [-0.4, -0.2) is 12.6 Å². The molecule has 1 heterocycles. The molecule has 1 aromatic rings. The van der Waals surface area contributed by atoms with E-state index in [-0.39, 0.29) is 0 Å². The van der Waals surface area contributed by atoms with Gasteiger partial charge in [-0.1, -0.05) is 25.5 Å². The summed E-state index contributed by atoms with van der Waals surface area (Å²) < 4.78 is 0. The summed E-state index contributed by atoms with van der Waals surface area (Å²) in [6.45, 7) is 6.29. The molecule has 1 unspecified atom stereocenters. The van der Waals surface area contributed by atoms with Crippen molar-refractivity contribution in [1.82, 2.24) is 0 Å². The van der Waals surface area contributed by atoms with Crippen LogP contribution >= 0.6 is 0 Å². The van der Waals surface area contributed by atoms with Crippen molar-refractivity contribution in [1.29, 1.82) is 0 Å². The zero-order valence-corrected chi connectivity index (χ0v) is 11.8. The molecule has 0 amide bonds. The highest BCUT2D eigenvalue weighted by molar-refractivity contribution is 5.56. The lowest BCUT2D eigenvalue weighted by molar-refractivity contribution is 0.434. The molecule has 1 atom stereocenters. The van der Waals surface area contributed by atoms with Gasteiger partial charge >= 0.3 is 0 Å². The van der Waals surface area contributed by atoms with E-state index in [4.69, 9.17) is 5.73 Å². The van der Waals surface area contributed by atoms with Crippen molar-refractivity contribution in [3.8, 4) is 0 Å². The van der Waals surface area contributed by atoms with Gasteiger partial charge in [-0.25, -0.2) is 0 Å². The molecule has 2 rings (SSSR count). The molecule has 2 nitrogen and oxygen atoms in total. The van der Waals surface area contributed by atoms with Crippen LogP contribution < -0.4 is 10.6 Å². The predicted octanol–water partition coefficient (Wildman–Crippen LogP) is 3.61. The summed E-state index contributed by atoms with van der Waals surface area (Å²) in [7, 11) is 0. The van der Waals surface area contributed by atoms with Crippen LogP contribution in [0.2, 0.25) is 0 Å². The lowest BCUT2D eigenvalue weighted by Gasteiger charge is -2.39. The zero-order chi connectivity index (χ0) is 13.0.